The lowest BCUT2D eigenvalue weighted by atomic mass is 9.68. The van der Waals surface area contributed by atoms with Crippen LogP contribution >= 0.6 is 0 Å². The van der Waals surface area contributed by atoms with Crippen molar-refractivity contribution in [2.45, 2.75) is 39.2 Å². The summed E-state index contributed by atoms with van der Waals surface area (Å²) in [6.07, 6.45) is 2.90. The molecule has 3 N–H and O–H groups in total. The van der Waals surface area contributed by atoms with Gasteiger partial charge in [0.25, 0.3) is 0 Å². The van der Waals surface area contributed by atoms with Crippen LogP contribution in [0.4, 0.5) is 0 Å². The van der Waals surface area contributed by atoms with Crippen LogP contribution in [0.25, 0.3) is 0 Å². The minimum Gasteiger partial charge on any atom is -0.491 e. The maximum Gasteiger partial charge on any atom is 0.227 e. The van der Waals surface area contributed by atoms with Crippen LogP contribution in [0.3, 0.4) is 0 Å². The summed E-state index contributed by atoms with van der Waals surface area (Å²) in [5.74, 6) is 0.903. The van der Waals surface area contributed by atoms with Crippen molar-refractivity contribution in [1.82, 2.24) is 5.32 Å². The molecule has 1 fully saturated rings. The Labute approximate surface area is 120 Å². The third kappa shape index (κ3) is 3.31. The molecule has 20 heavy (non-hydrogen) atoms. The molecule has 1 unspecified atom stereocenters. The SMILES string of the molecule is Cc1ccc(OCC(C)NC(=O)C2(CN)CCC2)cc1. The number of carbonyl (C=O) groups is 1. The van der Waals surface area contributed by atoms with Crippen molar-refractivity contribution in [3.05, 3.63) is 29.8 Å². The predicted octanol–water partition coefficient (Wildman–Crippen LogP) is 2.01. The molecule has 2 rings (SSSR count). The van der Waals surface area contributed by atoms with Crippen LogP contribution in [0, 0.1) is 12.3 Å². The molecule has 1 amide bonds. The van der Waals surface area contributed by atoms with E-state index < -0.39 is 0 Å². The lowest BCUT2D eigenvalue weighted by molar-refractivity contribution is -0.136. The van der Waals surface area contributed by atoms with Gasteiger partial charge in [-0.15, -0.1) is 0 Å². The van der Waals surface area contributed by atoms with E-state index in [1.807, 2.05) is 38.1 Å². The summed E-state index contributed by atoms with van der Waals surface area (Å²) in [4.78, 5) is 12.2. The Balaban J connectivity index is 1.79. The molecular formula is C16H24N2O2. The molecule has 0 aromatic heterocycles. The molecule has 1 aromatic rings. The number of benzene rings is 1. The number of nitrogens with two attached hydrogens (primary N) is 1. The Morgan fingerprint density at radius 3 is 2.55 bits per heavy atom. The van der Waals surface area contributed by atoms with Gasteiger partial charge in [0.2, 0.25) is 5.91 Å². The van der Waals surface area contributed by atoms with Crippen LogP contribution in [0.1, 0.15) is 31.7 Å². The molecule has 0 radical (unpaired) electrons. The second-order valence-electron chi connectivity index (χ2n) is 5.84. The van der Waals surface area contributed by atoms with Crippen LogP contribution in [-0.2, 0) is 4.79 Å². The Morgan fingerprint density at radius 2 is 2.05 bits per heavy atom. The molecule has 0 aliphatic heterocycles. The molecule has 0 saturated heterocycles. The monoisotopic (exact) mass is 276 g/mol. The van der Waals surface area contributed by atoms with Gasteiger partial charge in [-0.25, -0.2) is 0 Å². The quantitative estimate of drug-likeness (QED) is 0.835. The summed E-state index contributed by atoms with van der Waals surface area (Å²) >= 11 is 0. The zero-order valence-corrected chi connectivity index (χ0v) is 12.3. The molecule has 0 heterocycles. The zero-order chi connectivity index (χ0) is 14.6. The summed E-state index contributed by atoms with van der Waals surface area (Å²) in [6.45, 7) is 4.90. The van der Waals surface area contributed by atoms with Crippen LogP contribution in [0.5, 0.6) is 5.75 Å². The molecule has 110 valence electrons. The van der Waals surface area contributed by atoms with Gasteiger partial charge < -0.3 is 15.8 Å². The maximum atomic E-state index is 12.2. The average Bonchev–Trinajstić information content (AvgIpc) is 2.37. The fourth-order valence-corrected chi connectivity index (χ4v) is 2.40. The molecule has 1 aliphatic rings. The van der Waals surface area contributed by atoms with E-state index in [9.17, 15) is 4.79 Å². The van der Waals surface area contributed by atoms with E-state index in [4.69, 9.17) is 10.5 Å². The van der Waals surface area contributed by atoms with Crippen molar-refractivity contribution < 1.29 is 9.53 Å². The molecule has 1 aliphatic carbocycles. The Morgan fingerprint density at radius 1 is 1.40 bits per heavy atom. The minimum absolute atomic E-state index is 0.0205. The van der Waals surface area contributed by atoms with Gasteiger partial charge in [-0.1, -0.05) is 24.1 Å². The van der Waals surface area contributed by atoms with Gasteiger partial charge in [-0.2, -0.15) is 0 Å². The topological polar surface area (TPSA) is 64.3 Å². The Bertz CT molecular complexity index is 447. The highest BCUT2D eigenvalue weighted by Gasteiger charge is 2.43. The lowest BCUT2D eigenvalue weighted by Gasteiger charge is -2.39. The molecule has 1 atom stereocenters. The van der Waals surface area contributed by atoms with Crippen LogP contribution in [0.15, 0.2) is 24.3 Å². The largest absolute Gasteiger partial charge is 0.491 e. The van der Waals surface area contributed by atoms with Gasteiger partial charge in [0.05, 0.1) is 11.5 Å². The summed E-state index contributed by atoms with van der Waals surface area (Å²) in [6, 6.07) is 7.88. The standard InChI is InChI=1S/C16H24N2O2/c1-12-4-6-14(7-5-12)20-10-13(2)18-15(19)16(11-17)8-3-9-16/h4-7,13H,3,8-11,17H2,1-2H3,(H,18,19). The second-order valence-corrected chi connectivity index (χ2v) is 5.84. The Hall–Kier alpha value is -1.55. The van der Waals surface area contributed by atoms with E-state index in [-0.39, 0.29) is 17.4 Å². The number of rotatable bonds is 6. The molecule has 0 spiro atoms. The fraction of sp³-hybridized carbons (Fsp3) is 0.562. The number of hydrogen-bond donors (Lipinski definition) is 2. The van der Waals surface area contributed by atoms with Crippen molar-refractivity contribution in [2.75, 3.05) is 13.2 Å². The number of amides is 1. The van der Waals surface area contributed by atoms with Gasteiger partial charge in [0.1, 0.15) is 12.4 Å². The Kier molecular flexibility index (Phi) is 4.65. The average molecular weight is 276 g/mol. The first kappa shape index (κ1) is 14.9. The number of nitrogens with one attached hydrogen (secondary N) is 1. The highest BCUT2D eigenvalue weighted by molar-refractivity contribution is 5.84. The number of carbonyl (C=O) groups excluding carboxylic acids is 1. The second kappa shape index (κ2) is 6.27. The molecule has 4 heteroatoms. The minimum atomic E-state index is -0.321. The van der Waals surface area contributed by atoms with Crippen molar-refractivity contribution in [2.24, 2.45) is 11.1 Å². The van der Waals surface area contributed by atoms with Gasteiger partial charge >= 0.3 is 0 Å². The van der Waals surface area contributed by atoms with E-state index >= 15 is 0 Å². The first-order valence-corrected chi connectivity index (χ1v) is 7.26. The van der Waals surface area contributed by atoms with Crippen molar-refractivity contribution in [1.29, 1.82) is 0 Å². The first-order valence-electron chi connectivity index (χ1n) is 7.26. The third-order valence-electron chi connectivity index (χ3n) is 4.08. The number of aryl methyl sites for hydroxylation is 1. The van der Waals surface area contributed by atoms with Crippen LogP contribution < -0.4 is 15.8 Å². The lowest BCUT2D eigenvalue weighted by Crippen LogP contribution is -2.53. The smallest absolute Gasteiger partial charge is 0.227 e. The fourth-order valence-electron chi connectivity index (χ4n) is 2.40. The molecule has 1 saturated carbocycles. The molecule has 4 nitrogen and oxygen atoms in total. The van der Waals surface area contributed by atoms with Gasteiger partial charge in [-0.3, -0.25) is 4.79 Å². The van der Waals surface area contributed by atoms with E-state index in [1.165, 1.54) is 5.56 Å². The van der Waals surface area contributed by atoms with E-state index in [2.05, 4.69) is 5.32 Å². The molecule has 1 aromatic carbocycles. The summed E-state index contributed by atoms with van der Waals surface area (Å²) in [5, 5.41) is 3.01. The predicted molar refractivity (Wildman–Crippen MR) is 79.6 cm³/mol. The third-order valence-corrected chi connectivity index (χ3v) is 4.08. The van der Waals surface area contributed by atoms with Crippen LogP contribution in [0.2, 0.25) is 0 Å². The van der Waals surface area contributed by atoms with E-state index in [0.717, 1.165) is 25.0 Å². The summed E-state index contributed by atoms with van der Waals surface area (Å²) in [7, 11) is 0. The van der Waals surface area contributed by atoms with E-state index in [0.29, 0.717) is 13.2 Å². The molecule has 0 bridgehead atoms. The number of hydrogen-bond acceptors (Lipinski definition) is 3. The zero-order valence-electron chi connectivity index (χ0n) is 12.3. The first-order chi connectivity index (χ1) is 9.55. The normalized spacial score (nSPS) is 17.9. The maximum absolute atomic E-state index is 12.2. The van der Waals surface area contributed by atoms with Gasteiger partial charge in [0.15, 0.2) is 0 Å². The highest BCUT2D eigenvalue weighted by Crippen LogP contribution is 2.40. The van der Waals surface area contributed by atoms with Crippen molar-refractivity contribution >= 4 is 5.91 Å². The van der Waals surface area contributed by atoms with Crippen LogP contribution in [-0.4, -0.2) is 25.1 Å². The highest BCUT2D eigenvalue weighted by atomic mass is 16.5. The van der Waals surface area contributed by atoms with Gasteiger partial charge in [0, 0.05) is 6.54 Å². The van der Waals surface area contributed by atoms with E-state index in [1.54, 1.807) is 0 Å². The van der Waals surface area contributed by atoms with Gasteiger partial charge in [-0.05, 0) is 38.8 Å². The number of ether oxygens (including phenoxy) is 1. The molecular weight excluding hydrogens is 252 g/mol. The van der Waals surface area contributed by atoms with Crippen molar-refractivity contribution in [3.8, 4) is 5.75 Å². The summed E-state index contributed by atoms with van der Waals surface area (Å²) < 4.78 is 5.68. The van der Waals surface area contributed by atoms with Crippen molar-refractivity contribution in [3.63, 3.8) is 0 Å². The summed E-state index contributed by atoms with van der Waals surface area (Å²) in [5.41, 5.74) is 6.61.